The van der Waals surface area contributed by atoms with Crippen LogP contribution in [0.5, 0.6) is 17.5 Å². The summed E-state index contributed by atoms with van der Waals surface area (Å²) in [7, 11) is 0. The summed E-state index contributed by atoms with van der Waals surface area (Å²) in [5, 5.41) is 19.1. The molecule has 1 atom stereocenters. The highest BCUT2D eigenvalue weighted by molar-refractivity contribution is 5.60. The molecule has 0 amide bonds. The van der Waals surface area contributed by atoms with E-state index < -0.39 is 16.9 Å². The first-order valence-electron chi connectivity index (χ1n) is 10.5. The standard InChI is InChI=1S/C22H17F3N6O5/c1-21(12-29-11-19(31(32)33)26-20(29)36-21)13-34-18-5-3-2-4-17(18)30-10-16(27-28-30)14-6-8-15(9-7-14)35-22(23,24)25/h2-11H,12-13H2,1H3/t21-/m1/s1. The minimum Gasteiger partial charge on any atom is -0.487 e. The average molecular weight is 502 g/mol. The summed E-state index contributed by atoms with van der Waals surface area (Å²) in [4.78, 5) is 14.2. The molecule has 2 aromatic carbocycles. The number of aromatic nitrogens is 5. The molecule has 5 rings (SSSR count). The zero-order valence-electron chi connectivity index (χ0n) is 18.5. The number of imidazole rings is 1. The summed E-state index contributed by atoms with van der Waals surface area (Å²) in [6.45, 7) is 2.23. The van der Waals surface area contributed by atoms with Gasteiger partial charge in [-0.3, -0.25) is 4.57 Å². The fourth-order valence-electron chi connectivity index (χ4n) is 3.70. The van der Waals surface area contributed by atoms with Crippen molar-refractivity contribution in [3.63, 3.8) is 0 Å². The molecule has 0 fully saturated rings. The zero-order chi connectivity index (χ0) is 25.5. The lowest BCUT2D eigenvalue weighted by Crippen LogP contribution is -2.38. The molecule has 186 valence electrons. The number of fused-ring (bicyclic) bond motifs is 1. The number of ether oxygens (including phenoxy) is 3. The number of hydrogen-bond acceptors (Lipinski definition) is 8. The van der Waals surface area contributed by atoms with E-state index in [1.54, 1.807) is 42.0 Å². The fourth-order valence-corrected chi connectivity index (χ4v) is 3.70. The van der Waals surface area contributed by atoms with E-state index in [-0.39, 0.29) is 24.2 Å². The van der Waals surface area contributed by atoms with Crippen molar-refractivity contribution in [3.05, 3.63) is 71.0 Å². The minimum atomic E-state index is -4.77. The second kappa shape index (κ2) is 8.55. The van der Waals surface area contributed by atoms with Gasteiger partial charge in [-0.15, -0.1) is 18.3 Å². The first kappa shape index (κ1) is 23.1. The van der Waals surface area contributed by atoms with Crippen molar-refractivity contribution in [2.45, 2.75) is 25.4 Å². The molecule has 0 aliphatic carbocycles. The highest BCUT2D eigenvalue weighted by Crippen LogP contribution is 2.33. The second-order valence-corrected chi connectivity index (χ2v) is 8.20. The lowest BCUT2D eigenvalue weighted by Gasteiger charge is -2.22. The van der Waals surface area contributed by atoms with Crippen LogP contribution in [0, 0.1) is 10.1 Å². The lowest BCUT2D eigenvalue weighted by molar-refractivity contribution is -0.389. The van der Waals surface area contributed by atoms with Gasteiger partial charge in [0, 0.05) is 10.5 Å². The van der Waals surface area contributed by atoms with Crippen LogP contribution in [0.2, 0.25) is 0 Å². The molecule has 36 heavy (non-hydrogen) atoms. The number of para-hydroxylation sites is 2. The van der Waals surface area contributed by atoms with Gasteiger partial charge in [-0.25, -0.2) is 4.68 Å². The molecule has 1 aliphatic heterocycles. The van der Waals surface area contributed by atoms with Crippen molar-refractivity contribution in [3.8, 4) is 34.5 Å². The van der Waals surface area contributed by atoms with E-state index in [0.29, 0.717) is 29.2 Å². The molecule has 4 aromatic rings. The Hall–Kier alpha value is -4.62. The quantitative estimate of drug-likeness (QED) is 0.273. The Morgan fingerprint density at radius 2 is 1.92 bits per heavy atom. The number of alkyl halides is 3. The molecule has 0 spiro atoms. The highest BCUT2D eigenvalue weighted by Gasteiger charge is 2.41. The predicted molar refractivity (Wildman–Crippen MR) is 117 cm³/mol. The molecular weight excluding hydrogens is 485 g/mol. The molecule has 14 heteroatoms. The Labute approximate surface area is 200 Å². The van der Waals surface area contributed by atoms with E-state index in [0.717, 1.165) is 0 Å². The van der Waals surface area contributed by atoms with Crippen LogP contribution >= 0.6 is 0 Å². The third kappa shape index (κ3) is 4.78. The van der Waals surface area contributed by atoms with Gasteiger partial charge in [0.15, 0.2) is 5.60 Å². The first-order chi connectivity index (χ1) is 17.1. The average Bonchev–Trinajstić information content (AvgIpc) is 3.52. The van der Waals surface area contributed by atoms with Gasteiger partial charge < -0.3 is 24.3 Å². The SMILES string of the molecule is C[C@]1(COc2ccccc2-n2cc(-c3ccc(OC(F)(F)F)cc3)nn2)Cn2cc([N+](=O)[O-])nc2O1. The van der Waals surface area contributed by atoms with Crippen LogP contribution in [-0.2, 0) is 6.54 Å². The van der Waals surface area contributed by atoms with Crippen molar-refractivity contribution in [2.75, 3.05) is 6.61 Å². The van der Waals surface area contributed by atoms with Crippen LogP contribution in [0.4, 0.5) is 19.0 Å². The van der Waals surface area contributed by atoms with Crippen LogP contribution in [0.3, 0.4) is 0 Å². The number of hydrogen-bond donors (Lipinski definition) is 0. The Morgan fingerprint density at radius 3 is 2.61 bits per heavy atom. The van der Waals surface area contributed by atoms with Crippen LogP contribution in [0.25, 0.3) is 16.9 Å². The van der Waals surface area contributed by atoms with E-state index in [4.69, 9.17) is 9.47 Å². The summed E-state index contributed by atoms with van der Waals surface area (Å²) in [6.07, 6.45) is -1.84. The van der Waals surface area contributed by atoms with E-state index in [9.17, 15) is 23.3 Å². The maximum atomic E-state index is 12.4. The third-order valence-corrected chi connectivity index (χ3v) is 5.28. The van der Waals surface area contributed by atoms with E-state index in [2.05, 4.69) is 20.0 Å². The molecule has 0 bridgehead atoms. The third-order valence-electron chi connectivity index (χ3n) is 5.28. The fraction of sp³-hybridized carbons (Fsp3) is 0.227. The molecule has 0 saturated heterocycles. The Morgan fingerprint density at radius 1 is 1.17 bits per heavy atom. The number of rotatable bonds is 7. The van der Waals surface area contributed by atoms with E-state index in [1.165, 1.54) is 35.1 Å². The van der Waals surface area contributed by atoms with Crippen LogP contribution in [0.1, 0.15) is 6.92 Å². The van der Waals surface area contributed by atoms with Crippen molar-refractivity contribution < 1.29 is 32.3 Å². The molecule has 0 saturated carbocycles. The predicted octanol–water partition coefficient (Wildman–Crippen LogP) is 4.17. The maximum Gasteiger partial charge on any atom is 0.573 e. The van der Waals surface area contributed by atoms with Crippen LogP contribution in [0.15, 0.2) is 60.9 Å². The first-order valence-corrected chi connectivity index (χ1v) is 10.5. The largest absolute Gasteiger partial charge is 0.573 e. The number of nitrogens with zero attached hydrogens (tertiary/aromatic N) is 6. The molecule has 1 aliphatic rings. The Kier molecular flexibility index (Phi) is 5.50. The summed E-state index contributed by atoms with van der Waals surface area (Å²) < 4.78 is 55.9. The highest BCUT2D eigenvalue weighted by atomic mass is 19.4. The Balaban J connectivity index is 1.29. The lowest BCUT2D eigenvalue weighted by atomic mass is 10.1. The number of benzene rings is 2. The topological polar surface area (TPSA) is 119 Å². The van der Waals surface area contributed by atoms with Gasteiger partial charge in [-0.1, -0.05) is 17.3 Å². The molecule has 0 radical (unpaired) electrons. The normalized spacial score (nSPS) is 16.9. The van der Waals surface area contributed by atoms with E-state index in [1.807, 2.05) is 0 Å². The molecular formula is C22H17F3N6O5. The Bertz CT molecular complexity index is 1390. The summed E-state index contributed by atoms with van der Waals surface area (Å²) in [5.74, 6) is -0.150. The molecule has 2 aromatic heterocycles. The molecule has 11 nitrogen and oxygen atoms in total. The van der Waals surface area contributed by atoms with Gasteiger partial charge in [0.25, 0.3) is 0 Å². The van der Waals surface area contributed by atoms with Gasteiger partial charge in [-0.2, -0.15) is 0 Å². The van der Waals surface area contributed by atoms with Crippen molar-refractivity contribution >= 4 is 5.82 Å². The zero-order valence-corrected chi connectivity index (χ0v) is 18.5. The maximum absolute atomic E-state index is 12.4. The molecule has 0 N–H and O–H groups in total. The van der Waals surface area contributed by atoms with Crippen molar-refractivity contribution in [1.29, 1.82) is 0 Å². The van der Waals surface area contributed by atoms with Crippen LogP contribution in [-0.4, -0.2) is 48.0 Å². The smallest absolute Gasteiger partial charge is 0.487 e. The van der Waals surface area contributed by atoms with Gasteiger partial charge in [0.2, 0.25) is 0 Å². The van der Waals surface area contributed by atoms with Gasteiger partial charge >= 0.3 is 18.2 Å². The molecule has 0 unspecified atom stereocenters. The minimum absolute atomic E-state index is 0.114. The summed E-state index contributed by atoms with van der Waals surface area (Å²) >= 11 is 0. The van der Waals surface area contributed by atoms with Gasteiger partial charge in [0.05, 0.1) is 12.7 Å². The second-order valence-electron chi connectivity index (χ2n) is 8.20. The van der Waals surface area contributed by atoms with Crippen LogP contribution < -0.4 is 14.2 Å². The van der Waals surface area contributed by atoms with Gasteiger partial charge in [-0.05, 0) is 48.2 Å². The van der Waals surface area contributed by atoms with Crippen molar-refractivity contribution in [2.24, 2.45) is 0 Å². The summed E-state index contributed by atoms with van der Waals surface area (Å²) in [5.41, 5.74) is 0.743. The molecule has 3 heterocycles. The number of nitro groups is 1. The van der Waals surface area contributed by atoms with Crippen molar-refractivity contribution in [1.82, 2.24) is 24.5 Å². The number of halogens is 3. The summed E-state index contributed by atoms with van der Waals surface area (Å²) in [6, 6.07) is 12.5. The monoisotopic (exact) mass is 502 g/mol. The van der Waals surface area contributed by atoms with Gasteiger partial charge in [0.1, 0.15) is 35.7 Å². The van der Waals surface area contributed by atoms with E-state index >= 15 is 0 Å².